The van der Waals surface area contributed by atoms with Gasteiger partial charge in [-0.2, -0.15) is 8.75 Å². The summed E-state index contributed by atoms with van der Waals surface area (Å²) < 4.78 is 24.4. The number of pyridine rings is 1. The molecule has 1 saturated heterocycles. The van der Waals surface area contributed by atoms with E-state index in [1.165, 1.54) is 51.8 Å². The molecule has 0 aromatic carbocycles. The van der Waals surface area contributed by atoms with Gasteiger partial charge < -0.3 is 14.2 Å². The summed E-state index contributed by atoms with van der Waals surface area (Å²) in [5.74, 6) is 0. The lowest BCUT2D eigenvalue weighted by molar-refractivity contribution is 0.00578. The molecule has 5 rings (SSSR count). The van der Waals surface area contributed by atoms with Crippen molar-refractivity contribution in [3.05, 3.63) is 18.3 Å². The van der Waals surface area contributed by atoms with Crippen LogP contribution >= 0.6 is 34.4 Å². The quantitative estimate of drug-likeness (QED) is 0.224. The van der Waals surface area contributed by atoms with Crippen molar-refractivity contribution >= 4 is 72.4 Å². The summed E-state index contributed by atoms with van der Waals surface area (Å²) in [6.45, 7) is 15.0. The van der Waals surface area contributed by atoms with E-state index in [1.54, 1.807) is 11.3 Å². The molecule has 4 aromatic rings. The smallest absolute Gasteiger partial charge is 0.399 e. The van der Waals surface area contributed by atoms with E-state index in [1.807, 2.05) is 17.5 Å². The predicted molar refractivity (Wildman–Crippen MR) is 152 cm³/mol. The van der Waals surface area contributed by atoms with Gasteiger partial charge in [0.1, 0.15) is 16.7 Å². The Morgan fingerprint density at radius 1 is 0.886 bits per heavy atom. The Labute approximate surface area is 220 Å². The molecule has 4 aromatic heterocycles. The largest absolute Gasteiger partial charge is 0.498 e. The molecule has 0 aliphatic carbocycles. The minimum Gasteiger partial charge on any atom is -0.399 e. The van der Waals surface area contributed by atoms with Crippen LogP contribution in [0, 0.1) is 0 Å². The fourth-order valence-corrected chi connectivity index (χ4v) is 7.25. The Bertz CT molecular complexity index is 1270. The highest BCUT2D eigenvalue weighted by molar-refractivity contribution is 7.31. The molecule has 10 heteroatoms. The summed E-state index contributed by atoms with van der Waals surface area (Å²) in [5.41, 5.74) is 2.55. The molecule has 1 aliphatic heterocycles. The summed E-state index contributed by atoms with van der Waals surface area (Å²) in [6.07, 6.45) is 6.76. The molecule has 0 bridgehead atoms. The Balaban J connectivity index is 1.46. The SMILES string of the molecule is CCCCN(CCCC)c1cc2sc(-c3ncc(B4OC(C)(C)C(C)(C)O4)c4nsnc34)cc2s1. The zero-order valence-electron chi connectivity index (χ0n) is 21.4. The highest BCUT2D eigenvalue weighted by Crippen LogP contribution is 2.43. The first kappa shape index (κ1) is 25.1. The van der Waals surface area contributed by atoms with Crippen LogP contribution in [0.5, 0.6) is 0 Å². The van der Waals surface area contributed by atoms with Crippen molar-refractivity contribution in [2.45, 2.75) is 78.4 Å². The van der Waals surface area contributed by atoms with Gasteiger partial charge in [-0.1, -0.05) is 26.7 Å². The van der Waals surface area contributed by atoms with Gasteiger partial charge in [0.25, 0.3) is 0 Å². The molecular weight excluding hydrogens is 495 g/mol. The number of hydrogen-bond acceptors (Lipinski definition) is 9. The molecule has 6 nitrogen and oxygen atoms in total. The predicted octanol–water partition coefficient (Wildman–Crippen LogP) is 6.74. The van der Waals surface area contributed by atoms with Gasteiger partial charge in [0.2, 0.25) is 0 Å². The molecule has 0 N–H and O–H groups in total. The third-order valence-corrected chi connectivity index (χ3v) is 10.0. The normalized spacial score (nSPS) is 17.1. The molecule has 1 fully saturated rings. The summed E-state index contributed by atoms with van der Waals surface area (Å²) in [7, 11) is -0.500. The van der Waals surface area contributed by atoms with E-state index in [2.05, 4.69) is 67.3 Å². The molecule has 0 atom stereocenters. The number of fused-ring (bicyclic) bond motifs is 2. The molecule has 0 amide bonds. The molecule has 0 radical (unpaired) electrons. The Hall–Kier alpha value is -1.59. The molecule has 186 valence electrons. The van der Waals surface area contributed by atoms with Crippen LogP contribution in [0.3, 0.4) is 0 Å². The second-order valence-corrected chi connectivity index (χ2v) is 12.9. The van der Waals surface area contributed by atoms with E-state index in [0.29, 0.717) is 0 Å². The van der Waals surface area contributed by atoms with Crippen molar-refractivity contribution in [1.29, 1.82) is 0 Å². The summed E-state index contributed by atoms with van der Waals surface area (Å²) in [6, 6.07) is 4.62. The van der Waals surface area contributed by atoms with Crippen molar-refractivity contribution in [2.24, 2.45) is 0 Å². The molecule has 5 heterocycles. The van der Waals surface area contributed by atoms with Gasteiger partial charge in [0.05, 0.1) is 32.8 Å². The average molecular weight is 529 g/mol. The third kappa shape index (κ3) is 4.64. The number of hydrogen-bond donors (Lipinski definition) is 0. The van der Waals surface area contributed by atoms with Crippen LogP contribution in [0.1, 0.15) is 67.2 Å². The fraction of sp³-hybridized carbons (Fsp3) is 0.560. The van der Waals surface area contributed by atoms with Gasteiger partial charge in [-0.3, -0.25) is 4.98 Å². The van der Waals surface area contributed by atoms with Crippen LogP contribution in [-0.4, -0.2) is 45.1 Å². The maximum absolute atomic E-state index is 6.27. The van der Waals surface area contributed by atoms with Gasteiger partial charge in [-0.05, 0) is 52.7 Å². The maximum atomic E-state index is 6.27. The van der Waals surface area contributed by atoms with Gasteiger partial charge >= 0.3 is 7.12 Å². The molecule has 0 unspecified atom stereocenters. The first-order valence-electron chi connectivity index (χ1n) is 12.5. The second kappa shape index (κ2) is 9.70. The van der Waals surface area contributed by atoms with Crippen LogP contribution < -0.4 is 10.4 Å². The number of rotatable bonds is 9. The Kier molecular flexibility index (Phi) is 6.95. The first-order valence-corrected chi connectivity index (χ1v) is 14.9. The van der Waals surface area contributed by atoms with Crippen LogP contribution in [0.4, 0.5) is 5.00 Å². The monoisotopic (exact) mass is 528 g/mol. The number of unbranched alkanes of at least 4 members (excludes halogenated alkanes) is 2. The first-order chi connectivity index (χ1) is 16.7. The zero-order valence-corrected chi connectivity index (χ0v) is 23.8. The minimum atomic E-state index is -0.500. The van der Waals surface area contributed by atoms with Crippen LogP contribution in [-0.2, 0) is 9.31 Å². The Morgan fingerprint density at radius 3 is 2.14 bits per heavy atom. The summed E-state index contributed by atoms with van der Waals surface area (Å²) in [4.78, 5) is 8.54. The van der Waals surface area contributed by atoms with Crippen molar-refractivity contribution in [2.75, 3.05) is 18.0 Å². The fourth-order valence-electron chi connectivity index (χ4n) is 4.24. The topological polar surface area (TPSA) is 60.4 Å². The summed E-state index contributed by atoms with van der Waals surface area (Å²) in [5, 5.41) is 1.38. The lowest BCUT2D eigenvalue weighted by Gasteiger charge is -2.32. The van der Waals surface area contributed by atoms with Crippen molar-refractivity contribution in [1.82, 2.24) is 13.7 Å². The van der Waals surface area contributed by atoms with E-state index in [-0.39, 0.29) is 0 Å². The van der Waals surface area contributed by atoms with E-state index >= 15 is 0 Å². The van der Waals surface area contributed by atoms with Gasteiger partial charge in [0, 0.05) is 34.1 Å². The van der Waals surface area contributed by atoms with E-state index in [0.717, 1.165) is 40.2 Å². The molecule has 0 saturated carbocycles. The van der Waals surface area contributed by atoms with Crippen molar-refractivity contribution in [3.8, 4) is 10.6 Å². The number of thiophene rings is 2. The van der Waals surface area contributed by atoms with Crippen LogP contribution in [0.25, 0.3) is 31.0 Å². The highest BCUT2D eigenvalue weighted by Gasteiger charge is 2.52. The lowest BCUT2D eigenvalue weighted by Crippen LogP contribution is -2.41. The maximum Gasteiger partial charge on any atom is 0.498 e. The standard InChI is InChI=1S/C25H33BN4O2S3/c1-7-9-11-30(12-10-8-2)20-14-18-17(34-20)13-19(33-18)22-23-21(28-35-29-23)16(15-27-22)26-31-24(3,4)25(5,6)32-26/h13-15H,7-12H2,1-6H3. The minimum absolute atomic E-state index is 0.413. The second-order valence-electron chi connectivity index (χ2n) is 10.2. The van der Waals surface area contributed by atoms with Gasteiger partial charge in [-0.15, -0.1) is 22.7 Å². The molecule has 35 heavy (non-hydrogen) atoms. The van der Waals surface area contributed by atoms with Gasteiger partial charge in [0.15, 0.2) is 0 Å². The molecule has 1 aliphatic rings. The average Bonchev–Trinajstić information content (AvgIpc) is 3.55. The van der Waals surface area contributed by atoms with E-state index in [9.17, 15) is 0 Å². The van der Waals surface area contributed by atoms with Crippen LogP contribution in [0.2, 0.25) is 0 Å². The molecular formula is C25H33BN4O2S3. The highest BCUT2D eigenvalue weighted by atomic mass is 32.1. The Morgan fingerprint density at radius 2 is 1.51 bits per heavy atom. The van der Waals surface area contributed by atoms with Gasteiger partial charge in [-0.25, -0.2) is 0 Å². The van der Waals surface area contributed by atoms with Crippen LogP contribution in [0.15, 0.2) is 18.3 Å². The van der Waals surface area contributed by atoms with E-state index in [4.69, 9.17) is 14.3 Å². The lowest BCUT2D eigenvalue weighted by atomic mass is 9.79. The molecule has 0 spiro atoms. The number of anilines is 1. The number of nitrogens with zero attached hydrogens (tertiary/aromatic N) is 4. The number of aromatic nitrogens is 3. The third-order valence-electron chi connectivity index (χ3n) is 7.13. The van der Waals surface area contributed by atoms with Crippen molar-refractivity contribution < 1.29 is 9.31 Å². The summed E-state index contributed by atoms with van der Waals surface area (Å²) >= 11 is 4.89. The zero-order chi connectivity index (χ0) is 24.8. The van der Waals surface area contributed by atoms with Crippen molar-refractivity contribution in [3.63, 3.8) is 0 Å². The van der Waals surface area contributed by atoms with E-state index < -0.39 is 18.3 Å².